The second-order valence-corrected chi connectivity index (χ2v) is 4.82. The number of benzene rings is 2. The van der Waals surface area contributed by atoms with Crippen LogP contribution in [0.1, 0.15) is 11.1 Å². The summed E-state index contributed by atoms with van der Waals surface area (Å²) in [5.74, 6) is 0.789. The summed E-state index contributed by atoms with van der Waals surface area (Å²) in [6.45, 7) is 1.46. The fourth-order valence-electron chi connectivity index (χ4n) is 1.86. The van der Waals surface area contributed by atoms with Crippen LogP contribution in [0.3, 0.4) is 0 Å². The Labute approximate surface area is 124 Å². The maximum atomic E-state index is 5.98. The molecular formula is C16H18ClNO2. The Morgan fingerprint density at radius 1 is 1.10 bits per heavy atom. The predicted molar refractivity (Wildman–Crippen MR) is 80.9 cm³/mol. The van der Waals surface area contributed by atoms with Crippen molar-refractivity contribution in [3.05, 3.63) is 64.7 Å². The van der Waals surface area contributed by atoms with Crippen molar-refractivity contribution in [2.75, 3.05) is 13.8 Å². The topological polar surface area (TPSA) is 30.5 Å². The summed E-state index contributed by atoms with van der Waals surface area (Å²) in [5, 5.41) is 3.79. The number of rotatable bonds is 7. The minimum atomic E-state index is 0.216. The van der Waals surface area contributed by atoms with Gasteiger partial charge < -0.3 is 14.8 Å². The van der Waals surface area contributed by atoms with Gasteiger partial charge in [0, 0.05) is 17.1 Å². The molecule has 0 amide bonds. The Kier molecular flexibility index (Phi) is 5.87. The molecule has 106 valence electrons. The lowest BCUT2D eigenvalue weighted by atomic mass is 10.2. The fraction of sp³-hybridized carbons (Fsp3) is 0.250. The molecule has 0 spiro atoms. The van der Waals surface area contributed by atoms with Gasteiger partial charge in [0.1, 0.15) is 5.75 Å². The Bertz CT molecular complexity index is 531. The van der Waals surface area contributed by atoms with Gasteiger partial charge in [-0.3, -0.25) is 0 Å². The molecule has 1 N–H and O–H groups in total. The van der Waals surface area contributed by atoms with Crippen LogP contribution in [0.25, 0.3) is 0 Å². The molecule has 2 rings (SSSR count). The molecule has 3 nitrogen and oxygen atoms in total. The van der Waals surface area contributed by atoms with E-state index in [0.717, 1.165) is 16.9 Å². The van der Waals surface area contributed by atoms with Crippen molar-refractivity contribution in [1.29, 1.82) is 0 Å². The average Bonchev–Trinajstić information content (AvgIpc) is 2.47. The van der Waals surface area contributed by atoms with E-state index in [0.29, 0.717) is 18.2 Å². The van der Waals surface area contributed by atoms with E-state index in [1.165, 1.54) is 0 Å². The van der Waals surface area contributed by atoms with Crippen molar-refractivity contribution >= 4 is 11.6 Å². The molecule has 0 saturated heterocycles. The van der Waals surface area contributed by atoms with E-state index in [2.05, 4.69) is 5.32 Å². The molecule has 0 aliphatic heterocycles. The van der Waals surface area contributed by atoms with E-state index in [-0.39, 0.29) is 6.79 Å². The minimum Gasteiger partial charge on any atom is -0.467 e. The van der Waals surface area contributed by atoms with Crippen LogP contribution >= 0.6 is 11.6 Å². The lowest BCUT2D eigenvalue weighted by molar-refractivity contribution is 0.00450. The zero-order valence-electron chi connectivity index (χ0n) is 11.4. The van der Waals surface area contributed by atoms with Gasteiger partial charge in [0.05, 0.1) is 6.61 Å². The quantitative estimate of drug-likeness (QED) is 0.624. The third-order valence-corrected chi connectivity index (χ3v) is 3.03. The molecule has 0 unspecified atom stereocenters. The first-order valence-corrected chi connectivity index (χ1v) is 6.85. The number of ether oxygens (including phenoxy) is 2. The maximum absolute atomic E-state index is 5.98. The number of hydrogen-bond donors (Lipinski definition) is 1. The van der Waals surface area contributed by atoms with Crippen LogP contribution < -0.4 is 10.1 Å². The van der Waals surface area contributed by atoms with E-state index >= 15 is 0 Å². The predicted octanol–water partition coefficient (Wildman–Crippen LogP) is 3.61. The van der Waals surface area contributed by atoms with Gasteiger partial charge in [0.15, 0.2) is 6.79 Å². The Morgan fingerprint density at radius 2 is 1.90 bits per heavy atom. The molecule has 0 bridgehead atoms. The molecule has 4 heteroatoms. The van der Waals surface area contributed by atoms with Gasteiger partial charge in [-0.1, -0.05) is 41.9 Å². The summed E-state index contributed by atoms with van der Waals surface area (Å²) in [4.78, 5) is 0. The first-order chi connectivity index (χ1) is 9.79. The van der Waals surface area contributed by atoms with Crippen molar-refractivity contribution in [1.82, 2.24) is 5.32 Å². The highest BCUT2D eigenvalue weighted by molar-refractivity contribution is 6.30. The molecule has 0 aliphatic rings. The van der Waals surface area contributed by atoms with E-state index in [1.807, 2.05) is 55.6 Å². The average molecular weight is 292 g/mol. The highest BCUT2D eigenvalue weighted by atomic mass is 35.5. The second kappa shape index (κ2) is 7.90. The third kappa shape index (κ3) is 4.53. The highest BCUT2D eigenvalue weighted by Crippen LogP contribution is 2.22. The number of hydrogen-bond acceptors (Lipinski definition) is 3. The Balaban J connectivity index is 1.84. The minimum absolute atomic E-state index is 0.216. The summed E-state index contributed by atoms with van der Waals surface area (Å²) < 4.78 is 11.2. The van der Waals surface area contributed by atoms with Crippen molar-refractivity contribution in [2.24, 2.45) is 0 Å². The van der Waals surface area contributed by atoms with Crippen LogP contribution in [0.15, 0.2) is 48.5 Å². The summed E-state index contributed by atoms with van der Waals surface area (Å²) in [6.07, 6.45) is 0. The molecule has 0 radical (unpaired) electrons. The first-order valence-electron chi connectivity index (χ1n) is 6.47. The second-order valence-electron chi connectivity index (χ2n) is 4.38. The Hall–Kier alpha value is -1.55. The third-order valence-electron chi connectivity index (χ3n) is 2.80. The summed E-state index contributed by atoms with van der Waals surface area (Å²) >= 11 is 5.98. The van der Waals surface area contributed by atoms with Gasteiger partial charge in [0.25, 0.3) is 0 Å². The largest absolute Gasteiger partial charge is 0.467 e. The molecule has 0 saturated carbocycles. The first kappa shape index (κ1) is 14.9. The monoisotopic (exact) mass is 291 g/mol. The van der Waals surface area contributed by atoms with Crippen molar-refractivity contribution < 1.29 is 9.47 Å². The SMILES string of the molecule is CNCc1cc(Cl)ccc1OCOCc1ccccc1. The van der Waals surface area contributed by atoms with Crippen LogP contribution in [0, 0.1) is 0 Å². The highest BCUT2D eigenvalue weighted by Gasteiger charge is 2.04. The van der Waals surface area contributed by atoms with E-state index in [9.17, 15) is 0 Å². The van der Waals surface area contributed by atoms with Crippen molar-refractivity contribution in [3.63, 3.8) is 0 Å². The molecule has 2 aromatic rings. The molecule has 0 atom stereocenters. The number of nitrogens with one attached hydrogen (secondary N) is 1. The van der Waals surface area contributed by atoms with Gasteiger partial charge in [-0.25, -0.2) is 0 Å². The van der Waals surface area contributed by atoms with Crippen LogP contribution in [0.4, 0.5) is 0 Å². The van der Waals surface area contributed by atoms with Gasteiger partial charge >= 0.3 is 0 Å². The lowest BCUT2D eigenvalue weighted by Crippen LogP contribution is -2.09. The molecule has 0 heterocycles. The van der Waals surface area contributed by atoms with Crippen LogP contribution in [0.5, 0.6) is 5.75 Å². The Morgan fingerprint density at radius 3 is 2.65 bits per heavy atom. The van der Waals surface area contributed by atoms with Gasteiger partial charge in [-0.15, -0.1) is 0 Å². The van der Waals surface area contributed by atoms with E-state index in [1.54, 1.807) is 0 Å². The van der Waals surface area contributed by atoms with Crippen LogP contribution in [-0.2, 0) is 17.9 Å². The lowest BCUT2D eigenvalue weighted by Gasteiger charge is -2.12. The number of halogens is 1. The summed E-state index contributed by atoms with van der Waals surface area (Å²) in [5.41, 5.74) is 2.14. The normalized spacial score (nSPS) is 10.5. The van der Waals surface area contributed by atoms with E-state index < -0.39 is 0 Å². The molecular weight excluding hydrogens is 274 g/mol. The maximum Gasteiger partial charge on any atom is 0.189 e. The van der Waals surface area contributed by atoms with Crippen LogP contribution in [0.2, 0.25) is 5.02 Å². The molecule has 0 aromatic heterocycles. The van der Waals surface area contributed by atoms with Crippen molar-refractivity contribution in [2.45, 2.75) is 13.2 Å². The van der Waals surface area contributed by atoms with Crippen LogP contribution in [-0.4, -0.2) is 13.8 Å². The smallest absolute Gasteiger partial charge is 0.189 e. The molecule has 0 fully saturated rings. The zero-order valence-corrected chi connectivity index (χ0v) is 12.2. The van der Waals surface area contributed by atoms with E-state index in [4.69, 9.17) is 21.1 Å². The molecule has 2 aromatic carbocycles. The van der Waals surface area contributed by atoms with Gasteiger partial charge in [-0.2, -0.15) is 0 Å². The summed E-state index contributed by atoms with van der Waals surface area (Å²) in [7, 11) is 1.89. The van der Waals surface area contributed by atoms with Gasteiger partial charge in [0.2, 0.25) is 0 Å². The molecule has 20 heavy (non-hydrogen) atoms. The van der Waals surface area contributed by atoms with Crippen molar-refractivity contribution in [3.8, 4) is 5.75 Å². The van der Waals surface area contributed by atoms with Gasteiger partial charge in [-0.05, 0) is 30.8 Å². The summed E-state index contributed by atoms with van der Waals surface area (Å²) in [6, 6.07) is 15.6. The standard InChI is InChI=1S/C16H18ClNO2/c1-18-10-14-9-15(17)7-8-16(14)20-12-19-11-13-5-3-2-4-6-13/h2-9,18H,10-12H2,1H3. The fourth-order valence-corrected chi connectivity index (χ4v) is 2.05. The molecule has 0 aliphatic carbocycles. The zero-order chi connectivity index (χ0) is 14.2.